The molecule has 0 spiro atoms. The number of carbonyl (C=O) groups is 1. The molecule has 1 aromatic carbocycles. The molecule has 0 aliphatic carbocycles. The molecule has 0 radical (unpaired) electrons. The summed E-state index contributed by atoms with van der Waals surface area (Å²) in [5.41, 5.74) is 0.416. The van der Waals surface area contributed by atoms with Gasteiger partial charge in [0.05, 0.1) is 11.3 Å². The van der Waals surface area contributed by atoms with Gasteiger partial charge in [-0.3, -0.25) is 4.79 Å². The molecule has 118 valence electrons. The van der Waals surface area contributed by atoms with Crippen LogP contribution in [0.2, 0.25) is 0 Å². The summed E-state index contributed by atoms with van der Waals surface area (Å²) in [6.07, 6.45) is 1.81. The molecule has 2 aromatic rings. The Bertz CT molecular complexity index is 822. The number of halogens is 1. The summed E-state index contributed by atoms with van der Waals surface area (Å²) < 4.78 is 40.6. The normalized spacial score (nSPS) is 17.9. The molecule has 2 N–H and O–H groups in total. The Labute approximate surface area is 126 Å². The van der Waals surface area contributed by atoms with E-state index in [1.807, 2.05) is 0 Å². The lowest BCUT2D eigenvalue weighted by Crippen LogP contribution is -2.40. The van der Waals surface area contributed by atoms with Crippen LogP contribution >= 0.6 is 0 Å². The van der Waals surface area contributed by atoms with Crippen LogP contribution in [0, 0.1) is 11.7 Å². The average Bonchev–Trinajstić information content (AvgIpc) is 2.93. The maximum Gasteiger partial charge on any atom is 0.306 e. The minimum atomic E-state index is -3.85. The van der Waals surface area contributed by atoms with Crippen LogP contribution in [-0.4, -0.2) is 41.9 Å². The molecule has 0 atom stereocenters. The molecule has 6 nitrogen and oxygen atoms in total. The number of aromatic amines is 1. The maximum atomic E-state index is 14.0. The number of aliphatic carboxylic acids is 1. The zero-order valence-corrected chi connectivity index (χ0v) is 12.4. The number of aromatic nitrogens is 1. The summed E-state index contributed by atoms with van der Waals surface area (Å²) in [6.45, 7) is 0.251. The molecular weight excluding hydrogens is 311 g/mol. The number of fused-ring (bicyclic) bond motifs is 1. The second-order valence-corrected chi connectivity index (χ2v) is 7.24. The number of sulfonamides is 1. The fourth-order valence-electron chi connectivity index (χ4n) is 2.80. The van der Waals surface area contributed by atoms with Crippen LogP contribution in [0.25, 0.3) is 10.9 Å². The number of H-pyrrole nitrogens is 1. The Morgan fingerprint density at radius 2 is 2.00 bits per heavy atom. The Kier molecular flexibility index (Phi) is 3.65. The highest BCUT2D eigenvalue weighted by atomic mass is 32.2. The zero-order valence-electron chi connectivity index (χ0n) is 11.6. The lowest BCUT2D eigenvalue weighted by atomic mass is 9.99. The predicted molar refractivity (Wildman–Crippen MR) is 77.4 cm³/mol. The lowest BCUT2D eigenvalue weighted by Gasteiger charge is -2.29. The first-order valence-corrected chi connectivity index (χ1v) is 8.34. The number of nitrogens with zero attached hydrogens (tertiary/aromatic N) is 1. The van der Waals surface area contributed by atoms with E-state index in [2.05, 4.69) is 4.98 Å². The quantitative estimate of drug-likeness (QED) is 0.900. The largest absolute Gasteiger partial charge is 0.481 e. The molecule has 0 saturated carbocycles. The van der Waals surface area contributed by atoms with E-state index in [-0.39, 0.29) is 36.2 Å². The van der Waals surface area contributed by atoms with Gasteiger partial charge in [0.15, 0.2) is 0 Å². The summed E-state index contributed by atoms with van der Waals surface area (Å²) in [5, 5.41) is 9.01. The van der Waals surface area contributed by atoms with Crippen molar-refractivity contribution in [1.82, 2.24) is 9.29 Å². The monoisotopic (exact) mass is 326 g/mol. The van der Waals surface area contributed by atoms with Crippen molar-refractivity contribution in [3.8, 4) is 0 Å². The Balaban J connectivity index is 1.95. The van der Waals surface area contributed by atoms with Crippen molar-refractivity contribution in [1.29, 1.82) is 0 Å². The van der Waals surface area contributed by atoms with Gasteiger partial charge in [-0.05, 0) is 25.0 Å². The van der Waals surface area contributed by atoms with Gasteiger partial charge in [-0.15, -0.1) is 0 Å². The standard InChI is InChI=1S/C14H15FN2O4S/c15-10-2-1-3-11-13(10)12(8-16-11)22(20,21)17-6-4-9(5-7-17)14(18)19/h1-3,8-9,16H,4-7H2,(H,18,19). The highest BCUT2D eigenvalue weighted by molar-refractivity contribution is 7.89. The third-order valence-electron chi connectivity index (χ3n) is 4.04. The van der Waals surface area contributed by atoms with Crippen molar-refractivity contribution in [2.24, 2.45) is 5.92 Å². The number of carboxylic acids is 1. The van der Waals surface area contributed by atoms with Gasteiger partial charge in [0.2, 0.25) is 10.0 Å². The third-order valence-corrected chi connectivity index (χ3v) is 5.96. The van der Waals surface area contributed by atoms with Gasteiger partial charge in [0, 0.05) is 24.8 Å². The number of hydrogen-bond donors (Lipinski definition) is 2. The molecule has 0 unspecified atom stereocenters. The van der Waals surface area contributed by atoms with Crippen LogP contribution < -0.4 is 0 Å². The van der Waals surface area contributed by atoms with Crippen molar-refractivity contribution in [3.63, 3.8) is 0 Å². The fourth-order valence-corrected chi connectivity index (χ4v) is 4.44. The second-order valence-electron chi connectivity index (χ2n) is 5.33. The van der Waals surface area contributed by atoms with Gasteiger partial charge >= 0.3 is 5.97 Å². The number of hydrogen-bond acceptors (Lipinski definition) is 3. The molecule has 3 rings (SSSR count). The first-order valence-electron chi connectivity index (χ1n) is 6.90. The number of benzene rings is 1. The average molecular weight is 326 g/mol. The van der Waals surface area contributed by atoms with Gasteiger partial charge in [-0.25, -0.2) is 12.8 Å². The fraction of sp³-hybridized carbons (Fsp3) is 0.357. The SMILES string of the molecule is O=C(O)C1CCN(S(=O)(=O)c2c[nH]c3cccc(F)c23)CC1. The predicted octanol–water partition coefficient (Wildman–Crippen LogP) is 1.79. The molecule has 8 heteroatoms. The molecule has 1 aromatic heterocycles. The molecular formula is C14H15FN2O4S. The van der Waals surface area contributed by atoms with Gasteiger partial charge in [-0.1, -0.05) is 6.07 Å². The minimum Gasteiger partial charge on any atom is -0.481 e. The summed E-state index contributed by atoms with van der Waals surface area (Å²) in [5.74, 6) is -2.03. The van der Waals surface area contributed by atoms with Crippen LogP contribution in [0.1, 0.15) is 12.8 Å². The van der Waals surface area contributed by atoms with Crippen molar-refractivity contribution in [2.75, 3.05) is 13.1 Å². The lowest BCUT2D eigenvalue weighted by molar-refractivity contribution is -0.142. The number of carboxylic acid groups (broad SMARTS) is 1. The van der Waals surface area contributed by atoms with Crippen LogP contribution in [0.4, 0.5) is 4.39 Å². The maximum absolute atomic E-state index is 14.0. The van der Waals surface area contributed by atoms with Gasteiger partial charge < -0.3 is 10.1 Å². The number of rotatable bonds is 3. The van der Waals surface area contributed by atoms with Crippen LogP contribution in [0.3, 0.4) is 0 Å². The van der Waals surface area contributed by atoms with E-state index < -0.39 is 27.7 Å². The molecule has 0 bridgehead atoms. The molecule has 1 fully saturated rings. The van der Waals surface area contributed by atoms with Crippen molar-refractivity contribution in [3.05, 3.63) is 30.2 Å². The van der Waals surface area contributed by atoms with Crippen molar-refractivity contribution in [2.45, 2.75) is 17.7 Å². The van der Waals surface area contributed by atoms with Crippen LogP contribution in [0.5, 0.6) is 0 Å². The van der Waals surface area contributed by atoms with Crippen molar-refractivity contribution < 1.29 is 22.7 Å². The van der Waals surface area contributed by atoms with Crippen molar-refractivity contribution >= 4 is 26.9 Å². The molecule has 1 saturated heterocycles. The number of piperidine rings is 1. The van der Waals surface area contributed by atoms with E-state index in [1.54, 1.807) is 6.07 Å². The molecule has 0 amide bonds. The van der Waals surface area contributed by atoms with E-state index in [4.69, 9.17) is 5.11 Å². The zero-order chi connectivity index (χ0) is 15.9. The first kappa shape index (κ1) is 15.0. The van der Waals surface area contributed by atoms with Gasteiger partial charge in [0.1, 0.15) is 10.7 Å². The molecule has 2 heterocycles. The summed E-state index contributed by atoms with van der Waals surface area (Å²) in [7, 11) is -3.85. The summed E-state index contributed by atoms with van der Waals surface area (Å²) in [6, 6.07) is 4.32. The topological polar surface area (TPSA) is 90.5 Å². The summed E-state index contributed by atoms with van der Waals surface area (Å²) in [4.78, 5) is 13.6. The number of nitrogens with one attached hydrogen (secondary N) is 1. The summed E-state index contributed by atoms with van der Waals surface area (Å²) >= 11 is 0. The van der Waals surface area contributed by atoms with E-state index >= 15 is 0 Å². The van der Waals surface area contributed by atoms with Crippen LogP contribution in [-0.2, 0) is 14.8 Å². The minimum absolute atomic E-state index is 0.0443. The highest BCUT2D eigenvalue weighted by Gasteiger charge is 2.33. The molecule has 1 aliphatic rings. The Hall–Kier alpha value is -1.93. The van der Waals surface area contributed by atoms with Gasteiger partial charge in [0.25, 0.3) is 0 Å². The van der Waals surface area contributed by atoms with Crippen LogP contribution in [0.15, 0.2) is 29.3 Å². The van der Waals surface area contributed by atoms with E-state index in [9.17, 15) is 17.6 Å². The molecule has 1 aliphatic heterocycles. The third kappa shape index (κ3) is 2.38. The molecule has 22 heavy (non-hydrogen) atoms. The van der Waals surface area contributed by atoms with E-state index in [0.717, 1.165) is 0 Å². The van der Waals surface area contributed by atoms with Gasteiger partial charge in [-0.2, -0.15) is 4.31 Å². The smallest absolute Gasteiger partial charge is 0.306 e. The Morgan fingerprint density at radius 1 is 1.32 bits per heavy atom. The van der Waals surface area contributed by atoms with E-state index in [0.29, 0.717) is 5.52 Å². The first-order chi connectivity index (χ1) is 10.4. The Morgan fingerprint density at radius 3 is 2.64 bits per heavy atom. The second kappa shape index (κ2) is 5.36. The highest BCUT2D eigenvalue weighted by Crippen LogP contribution is 2.30. The van der Waals surface area contributed by atoms with E-state index in [1.165, 1.54) is 22.6 Å².